The van der Waals surface area contributed by atoms with Crippen LogP contribution in [0.15, 0.2) is 24.3 Å². The molecular weight excluding hydrogens is 252 g/mol. The minimum absolute atomic E-state index is 0.118. The molecule has 0 saturated heterocycles. The highest BCUT2D eigenvalue weighted by molar-refractivity contribution is 6.33. The average Bonchev–Trinajstić information content (AvgIpc) is 3.11. The van der Waals surface area contributed by atoms with Crippen LogP contribution in [0.25, 0.3) is 0 Å². The minimum atomic E-state index is -0.257. The first-order valence-electron chi connectivity index (χ1n) is 6.05. The summed E-state index contributed by atoms with van der Waals surface area (Å²) in [5, 5.41) is 15.0. The number of aliphatic hydroxyl groups excluding tert-OH is 1. The van der Waals surface area contributed by atoms with Crippen LogP contribution in [-0.4, -0.2) is 24.3 Å². The first-order valence-corrected chi connectivity index (χ1v) is 6.43. The highest BCUT2D eigenvalue weighted by atomic mass is 35.5. The molecule has 0 radical (unpaired) electrons. The molecule has 5 heteroatoms. The number of anilines is 1. The van der Waals surface area contributed by atoms with Crippen molar-refractivity contribution in [2.45, 2.75) is 19.3 Å². The predicted molar refractivity (Wildman–Crippen MR) is 71.8 cm³/mol. The average molecular weight is 269 g/mol. The van der Waals surface area contributed by atoms with Crippen LogP contribution in [0.1, 0.15) is 19.3 Å². The molecule has 1 aromatic carbocycles. The van der Waals surface area contributed by atoms with Crippen molar-refractivity contribution >= 4 is 23.3 Å². The molecule has 3 N–H and O–H groups in total. The number of urea groups is 1. The third-order valence-corrected chi connectivity index (χ3v) is 3.67. The summed E-state index contributed by atoms with van der Waals surface area (Å²) in [5.74, 6) is 0. The zero-order valence-corrected chi connectivity index (χ0v) is 10.8. The van der Waals surface area contributed by atoms with Crippen LogP contribution in [0.2, 0.25) is 5.02 Å². The van der Waals surface area contributed by atoms with Gasteiger partial charge in [0.15, 0.2) is 0 Å². The van der Waals surface area contributed by atoms with Crippen molar-refractivity contribution < 1.29 is 9.90 Å². The third kappa shape index (κ3) is 3.37. The summed E-state index contributed by atoms with van der Waals surface area (Å²) in [4.78, 5) is 11.7. The Morgan fingerprint density at radius 2 is 2.11 bits per heavy atom. The van der Waals surface area contributed by atoms with Crippen molar-refractivity contribution in [2.24, 2.45) is 5.41 Å². The smallest absolute Gasteiger partial charge is 0.319 e. The van der Waals surface area contributed by atoms with E-state index in [1.807, 2.05) is 12.1 Å². The van der Waals surface area contributed by atoms with Gasteiger partial charge in [0.1, 0.15) is 0 Å². The topological polar surface area (TPSA) is 61.4 Å². The van der Waals surface area contributed by atoms with Gasteiger partial charge in [-0.2, -0.15) is 0 Å². The van der Waals surface area contributed by atoms with E-state index in [-0.39, 0.29) is 18.1 Å². The van der Waals surface area contributed by atoms with Gasteiger partial charge in [0.25, 0.3) is 0 Å². The van der Waals surface area contributed by atoms with Crippen molar-refractivity contribution in [1.29, 1.82) is 0 Å². The number of amides is 2. The molecule has 4 nitrogen and oxygen atoms in total. The lowest BCUT2D eigenvalue weighted by Gasteiger charge is -2.15. The zero-order chi connectivity index (χ0) is 13.0. The van der Waals surface area contributed by atoms with Crippen molar-refractivity contribution in [3.8, 4) is 0 Å². The Bertz CT molecular complexity index is 433. The largest absolute Gasteiger partial charge is 0.396 e. The Kier molecular flexibility index (Phi) is 4.09. The van der Waals surface area contributed by atoms with Gasteiger partial charge in [0.2, 0.25) is 0 Å². The molecule has 1 saturated carbocycles. The van der Waals surface area contributed by atoms with Gasteiger partial charge >= 0.3 is 6.03 Å². The number of rotatable bonds is 5. The van der Waals surface area contributed by atoms with Crippen LogP contribution in [0.5, 0.6) is 0 Å². The van der Waals surface area contributed by atoms with E-state index >= 15 is 0 Å². The summed E-state index contributed by atoms with van der Waals surface area (Å²) in [6.07, 6.45) is 2.89. The van der Waals surface area contributed by atoms with Gasteiger partial charge in [-0.15, -0.1) is 0 Å². The molecule has 98 valence electrons. The van der Waals surface area contributed by atoms with E-state index in [4.69, 9.17) is 16.7 Å². The minimum Gasteiger partial charge on any atom is -0.396 e. The lowest BCUT2D eigenvalue weighted by molar-refractivity contribution is 0.234. The van der Waals surface area contributed by atoms with E-state index < -0.39 is 0 Å². The Balaban J connectivity index is 1.81. The van der Waals surface area contributed by atoms with Crippen LogP contribution in [0.4, 0.5) is 10.5 Å². The molecular formula is C13H17ClN2O2. The van der Waals surface area contributed by atoms with Crippen molar-refractivity contribution in [3.63, 3.8) is 0 Å². The summed E-state index contributed by atoms with van der Waals surface area (Å²) >= 11 is 5.94. The fourth-order valence-electron chi connectivity index (χ4n) is 1.93. The molecule has 2 amide bonds. The number of hydrogen-bond acceptors (Lipinski definition) is 2. The quantitative estimate of drug-likeness (QED) is 0.769. The van der Waals surface area contributed by atoms with Gasteiger partial charge in [0.05, 0.1) is 10.7 Å². The second-order valence-electron chi connectivity index (χ2n) is 4.76. The molecule has 1 fully saturated rings. The normalized spacial score (nSPS) is 16.1. The molecule has 0 heterocycles. The maximum absolute atomic E-state index is 11.7. The molecule has 0 spiro atoms. The molecule has 0 atom stereocenters. The van der Waals surface area contributed by atoms with E-state index in [9.17, 15) is 4.79 Å². The molecule has 0 aromatic heterocycles. The van der Waals surface area contributed by atoms with Crippen LogP contribution in [0, 0.1) is 5.41 Å². The summed E-state index contributed by atoms with van der Waals surface area (Å²) in [5.41, 5.74) is 0.718. The van der Waals surface area contributed by atoms with Crippen LogP contribution >= 0.6 is 11.6 Å². The first kappa shape index (κ1) is 13.2. The van der Waals surface area contributed by atoms with Gasteiger partial charge in [-0.3, -0.25) is 0 Å². The molecule has 0 aliphatic heterocycles. The van der Waals surface area contributed by atoms with Crippen LogP contribution in [-0.2, 0) is 0 Å². The lowest BCUT2D eigenvalue weighted by atomic mass is 10.0. The number of hydrogen-bond donors (Lipinski definition) is 3. The summed E-state index contributed by atoms with van der Waals surface area (Å²) in [7, 11) is 0. The molecule has 18 heavy (non-hydrogen) atoms. The number of aliphatic hydroxyl groups is 1. The van der Waals surface area contributed by atoms with Crippen molar-refractivity contribution in [3.05, 3.63) is 29.3 Å². The number of carbonyl (C=O) groups is 1. The SMILES string of the molecule is O=C(NCC1(CCO)CC1)Nc1ccccc1Cl. The number of halogens is 1. The second kappa shape index (κ2) is 5.59. The Morgan fingerprint density at radius 1 is 1.39 bits per heavy atom. The molecule has 0 bridgehead atoms. The standard InChI is InChI=1S/C13H17ClN2O2/c14-10-3-1-2-4-11(10)16-12(18)15-9-13(5-6-13)7-8-17/h1-4,17H,5-9H2,(H2,15,16,18). The van der Waals surface area contributed by atoms with E-state index in [1.165, 1.54) is 0 Å². The maximum Gasteiger partial charge on any atom is 0.319 e. The zero-order valence-electron chi connectivity index (χ0n) is 10.1. The van der Waals surface area contributed by atoms with Gasteiger partial charge < -0.3 is 15.7 Å². The molecule has 1 aromatic rings. The molecule has 0 unspecified atom stereocenters. The number of nitrogens with one attached hydrogen (secondary N) is 2. The summed E-state index contributed by atoms with van der Waals surface area (Å²) in [6.45, 7) is 0.775. The first-order chi connectivity index (χ1) is 8.65. The van der Waals surface area contributed by atoms with Gasteiger partial charge in [-0.1, -0.05) is 23.7 Å². The highest BCUT2D eigenvalue weighted by Gasteiger charge is 2.41. The Morgan fingerprint density at radius 3 is 2.72 bits per heavy atom. The third-order valence-electron chi connectivity index (χ3n) is 3.35. The van der Waals surface area contributed by atoms with Gasteiger partial charge in [-0.05, 0) is 36.8 Å². The summed E-state index contributed by atoms with van der Waals surface area (Å²) < 4.78 is 0. The predicted octanol–water partition coefficient (Wildman–Crippen LogP) is 2.62. The second-order valence-corrected chi connectivity index (χ2v) is 5.17. The maximum atomic E-state index is 11.7. The number of benzene rings is 1. The van der Waals surface area contributed by atoms with Gasteiger partial charge in [-0.25, -0.2) is 4.79 Å². The van der Waals surface area contributed by atoms with Crippen LogP contribution < -0.4 is 10.6 Å². The van der Waals surface area contributed by atoms with Gasteiger partial charge in [0, 0.05) is 13.2 Å². The fraction of sp³-hybridized carbons (Fsp3) is 0.462. The molecule has 1 aliphatic rings. The van der Waals surface area contributed by atoms with Crippen molar-refractivity contribution in [2.75, 3.05) is 18.5 Å². The van der Waals surface area contributed by atoms with Crippen LogP contribution in [0.3, 0.4) is 0 Å². The number of para-hydroxylation sites is 1. The lowest BCUT2D eigenvalue weighted by Crippen LogP contribution is -2.34. The summed E-state index contributed by atoms with van der Waals surface area (Å²) in [6, 6.07) is 6.85. The van der Waals surface area contributed by atoms with Crippen molar-refractivity contribution in [1.82, 2.24) is 5.32 Å². The number of carbonyl (C=O) groups excluding carboxylic acids is 1. The van der Waals surface area contributed by atoms with E-state index in [0.717, 1.165) is 19.3 Å². The molecule has 2 rings (SSSR count). The van der Waals surface area contributed by atoms with E-state index in [1.54, 1.807) is 12.1 Å². The van der Waals surface area contributed by atoms with E-state index in [2.05, 4.69) is 10.6 Å². The Labute approximate surface area is 111 Å². The fourth-order valence-corrected chi connectivity index (χ4v) is 2.11. The molecule has 1 aliphatic carbocycles. The monoisotopic (exact) mass is 268 g/mol. The Hall–Kier alpha value is -1.26. The highest BCUT2D eigenvalue weighted by Crippen LogP contribution is 2.47. The van der Waals surface area contributed by atoms with E-state index in [0.29, 0.717) is 17.3 Å².